The van der Waals surface area contributed by atoms with Crippen LogP contribution in [-0.2, 0) is 25.7 Å². The Hall–Kier alpha value is -3.31. The molecule has 0 bridgehead atoms. The van der Waals surface area contributed by atoms with Gasteiger partial charge >= 0.3 is 5.97 Å². The quantitative estimate of drug-likeness (QED) is 0.151. The number of nitro benzene ring substituents is 1. The van der Waals surface area contributed by atoms with Gasteiger partial charge in [-0.2, -0.15) is 11.3 Å². The number of carbonyl (C=O) groups excluding carboxylic acids is 3. The number of β-lactam (4-membered cyclic amide) rings is 1. The minimum atomic E-state index is -1.55. The Morgan fingerprint density at radius 2 is 2.07 bits per heavy atom. The molecule has 3 rings (SSSR count). The first-order chi connectivity index (χ1) is 13.3. The van der Waals surface area contributed by atoms with Gasteiger partial charge < -0.3 is 15.4 Å². The number of amides is 2. The molecular formula is C17H16N4O6S. The number of nitro groups is 1. The second-order valence-corrected chi connectivity index (χ2v) is 6.94. The molecule has 0 spiro atoms. The van der Waals surface area contributed by atoms with Crippen molar-refractivity contribution >= 4 is 34.8 Å². The van der Waals surface area contributed by atoms with Crippen LogP contribution in [0.25, 0.3) is 0 Å². The van der Waals surface area contributed by atoms with E-state index in [2.05, 4.69) is 10.6 Å². The van der Waals surface area contributed by atoms with Crippen molar-refractivity contribution < 1.29 is 24.0 Å². The molecule has 2 aromatic rings. The fourth-order valence-corrected chi connectivity index (χ4v) is 3.22. The van der Waals surface area contributed by atoms with Gasteiger partial charge in [-0.15, -0.1) is 0 Å². The summed E-state index contributed by atoms with van der Waals surface area (Å²) >= 11 is 1.30. The maximum Gasteiger partial charge on any atom is 0.323 e. The van der Waals surface area contributed by atoms with Gasteiger partial charge in [0, 0.05) is 12.1 Å². The number of rotatable bonds is 7. The lowest BCUT2D eigenvalue weighted by Gasteiger charge is -2.38. The molecule has 1 fully saturated rings. The van der Waals surface area contributed by atoms with E-state index in [0.717, 1.165) is 0 Å². The van der Waals surface area contributed by atoms with Gasteiger partial charge in [0.1, 0.15) is 6.61 Å². The molecule has 1 aromatic heterocycles. The molecule has 1 unspecified atom stereocenters. The highest BCUT2D eigenvalue weighted by molar-refractivity contribution is 7.08. The highest BCUT2D eigenvalue weighted by atomic mass is 32.1. The summed E-state index contributed by atoms with van der Waals surface area (Å²) in [5.41, 5.74) is 5.10. The molecule has 1 aliphatic heterocycles. The lowest BCUT2D eigenvalue weighted by molar-refractivity contribution is -0.384. The average molecular weight is 404 g/mol. The summed E-state index contributed by atoms with van der Waals surface area (Å²) in [4.78, 5) is 46.9. The predicted molar refractivity (Wildman–Crippen MR) is 98.0 cm³/mol. The number of hydrogen-bond acceptors (Lipinski definition) is 8. The molecule has 4 N–H and O–H groups in total. The highest BCUT2D eigenvalue weighted by Crippen LogP contribution is 2.23. The molecule has 146 valence electrons. The Balaban J connectivity index is 1.69. The number of nitrogens with zero attached hydrogens (tertiary/aromatic N) is 1. The van der Waals surface area contributed by atoms with Crippen LogP contribution < -0.4 is 16.4 Å². The molecule has 2 heterocycles. The van der Waals surface area contributed by atoms with Gasteiger partial charge in [0.2, 0.25) is 5.91 Å². The Morgan fingerprint density at radius 3 is 2.57 bits per heavy atom. The summed E-state index contributed by atoms with van der Waals surface area (Å²) in [6.07, 6.45) is 0. The van der Waals surface area contributed by atoms with E-state index < -0.39 is 34.3 Å². The van der Waals surface area contributed by atoms with Gasteiger partial charge in [0.05, 0.1) is 11.5 Å². The average Bonchev–Trinajstić information content (AvgIpc) is 3.19. The molecule has 0 saturated carbocycles. The van der Waals surface area contributed by atoms with Crippen molar-refractivity contribution in [2.24, 2.45) is 5.73 Å². The van der Waals surface area contributed by atoms with Gasteiger partial charge in [0.15, 0.2) is 11.6 Å². The molecule has 2 amide bonds. The Morgan fingerprint density at radius 1 is 1.36 bits per heavy atom. The molecule has 2 atom stereocenters. The number of thiophene rings is 1. The molecular weight excluding hydrogens is 388 g/mol. The minimum absolute atomic E-state index is 0.0613. The minimum Gasteiger partial charge on any atom is -0.460 e. The van der Waals surface area contributed by atoms with Crippen molar-refractivity contribution in [3.8, 4) is 0 Å². The lowest BCUT2D eigenvalue weighted by Crippen LogP contribution is -2.78. The number of carbonyl (C=O) groups is 3. The number of ether oxygens (including phenoxy) is 1. The molecule has 1 saturated heterocycles. The Kier molecular flexibility index (Phi) is 5.38. The number of esters is 1. The predicted octanol–water partition coefficient (Wildman–Crippen LogP) is 0.384. The number of benzene rings is 1. The van der Waals surface area contributed by atoms with Crippen LogP contribution in [0.4, 0.5) is 5.69 Å². The van der Waals surface area contributed by atoms with E-state index in [-0.39, 0.29) is 18.8 Å². The van der Waals surface area contributed by atoms with Gasteiger partial charge in [-0.3, -0.25) is 30.2 Å². The number of nitrogens with one attached hydrogen (secondary N) is 2. The summed E-state index contributed by atoms with van der Waals surface area (Å²) in [6, 6.07) is 7.10. The smallest absolute Gasteiger partial charge is 0.323 e. The molecule has 28 heavy (non-hydrogen) atoms. The van der Waals surface area contributed by atoms with E-state index in [4.69, 9.17) is 10.5 Å². The monoisotopic (exact) mass is 404 g/mol. The third-order valence-electron chi connectivity index (χ3n) is 4.18. The Labute approximate surface area is 162 Å². The normalized spacial score (nSPS) is 19.1. The molecule has 1 aliphatic rings. The topological polar surface area (TPSA) is 154 Å². The van der Waals surface area contributed by atoms with Gasteiger partial charge in [0.25, 0.3) is 11.6 Å². The number of hydrogen-bond donors (Lipinski definition) is 3. The zero-order valence-corrected chi connectivity index (χ0v) is 15.2. The number of non-ortho nitro benzene ring substituents is 1. The fourth-order valence-electron chi connectivity index (χ4n) is 2.53. The van der Waals surface area contributed by atoms with Crippen molar-refractivity contribution in [1.29, 1.82) is 0 Å². The van der Waals surface area contributed by atoms with Crippen LogP contribution in [0.2, 0.25) is 0 Å². The van der Waals surface area contributed by atoms with Crippen LogP contribution >= 0.6 is 11.3 Å². The summed E-state index contributed by atoms with van der Waals surface area (Å²) in [5, 5.41) is 18.8. The molecule has 0 radical (unpaired) electrons. The van der Waals surface area contributed by atoms with Gasteiger partial charge in [-0.25, -0.2) is 0 Å². The van der Waals surface area contributed by atoms with Crippen molar-refractivity contribution in [3.05, 3.63) is 62.3 Å². The maximum absolute atomic E-state index is 12.6. The van der Waals surface area contributed by atoms with Crippen LogP contribution in [0.15, 0.2) is 41.1 Å². The van der Waals surface area contributed by atoms with Gasteiger partial charge in [-0.05, 0) is 40.1 Å². The fraction of sp³-hybridized carbons (Fsp3) is 0.235. The first-order valence-corrected chi connectivity index (χ1v) is 9.06. The van der Waals surface area contributed by atoms with Crippen molar-refractivity contribution in [2.45, 2.75) is 18.2 Å². The van der Waals surface area contributed by atoms with E-state index in [9.17, 15) is 24.5 Å². The van der Waals surface area contributed by atoms with E-state index in [1.54, 1.807) is 16.8 Å². The second-order valence-electron chi connectivity index (χ2n) is 6.16. The standard InChI is InChI=1S/C17H16N4O6S/c18-17(9-19-16(17)24)20-14(22)13(11-5-6-28-8-11)15(23)27-7-10-1-3-12(4-2-10)21(25)26/h1-6,8,13H,7,9,18H2,(H,19,24)(H,20,22)/t13?,17-/m0/s1. The molecule has 1 aromatic carbocycles. The van der Waals surface area contributed by atoms with Crippen LogP contribution in [-0.4, -0.2) is 34.9 Å². The van der Waals surface area contributed by atoms with Crippen molar-refractivity contribution in [1.82, 2.24) is 10.6 Å². The highest BCUT2D eigenvalue weighted by Gasteiger charge is 2.46. The second kappa shape index (κ2) is 7.74. The molecule has 10 nitrogen and oxygen atoms in total. The zero-order valence-electron chi connectivity index (χ0n) is 14.4. The number of nitrogens with two attached hydrogens (primary N) is 1. The van der Waals surface area contributed by atoms with Crippen LogP contribution in [0.1, 0.15) is 17.0 Å². The SMILES string of the molecule is N[C@]1(NC(=O)C(C(=O)OCc2ccc([N+](=O)[O-])cc2)c2ccsc2)CNC1=O. The third kappa shape index (κ3) is 4.00. The van der Waals surface area contributed by atoms with Crippen LogP contribution in [0.3, 0.4) is 0 Å². The van der Waals surface area contributed by atoms with E-state index >= 15 is 0 Å². The largest absolute Gasteiger partial charge is 0.460 e. The summed E-state index contributed by atoms with van der Waals surface area (Å²) in [5.74, 6) is -3.40. The van der Waals surface area contributed by atoms with Crippen LogP contribution in [0.5, 0.6) is 0 Å². The van der Waals surface area contributed by atoms with Gasteiger partial charge in [-0.1, -0.05) is 0 Å². The van der Waals surface area contributed by atoms with Crippen molar-refractivity contribution in [3.63, 3.8) is 0 Å². The first-order valence-electron chi connectivity index (χ1n) is 8.11. The van der Waals surface area contributed by atoms with Crippen LogP contribution in [0, 0.1) is 10.1 Å². The summed E-state index contributed by atoms with van der Waals surface area (Å²) in [7, 11) is 0. The third-order valence-corrected chi connectivity index (χ3v) is 4.88. The van der Waals surface area contributed by atoms with E-state index in [0.29, 0.717) is 11.1 Å². The molecule has 11 heteroatoms. The van der Waals surface area contributed by atoms with E-state index in [1.165, 1.54) is 35.6 Å². The first kappa shape index (κ1) is 19.5. The summed E-state index contributed by atoms with van der Waals surface area (Å²) < 4.78 is 5.22. The zero-order chi connectivity index (χ0) is 20.3. The molecule has 0 aliphatic carbocycles. The van der Waals surface area contributed by atoms with E-state index in [1.807, 2.05) is 0 Å². The van der Waals surface area contributed by atoms with Crippen molar-refractivity contribution in [2.75, 3.05) is 6.54 Å². The maximum atomic E-state index is 12.6. The lowest BCUT2D eigenvalue weighted by atomic mass is 9.98. The Bertz CT molecular complexity index is 914. The summed E-state index contributed by atoms with van der Waals surface area (Å²) in [6.45, 7) is -0.106.